The number of hydrogen-bond donors (Lipinski definition) is 1. The number of aromatic nitrogens is 3. The van der Waals surface area contributed by atoms with Crippen LogP contribution in [0.3, 0.4) is 0 Å². The van der Waals surface area contributed by atoms with Crippen molar-refractivity contribution in [3.63, 3.8) is 0 Å². The third kappa shape index (κ3) is 3.89. The summed E-state index contributed by atoms with van der Waals surface area (Å²) in [4.78, 5) is 24.0. The fourth-order valence-electron chi connectivity index (χ4n) is 3.31. The Morgan fingerprint density at radius 1 is 1.11 bits per heavy atom. The molecule has 1 aliphatic rings. The monoisotopic (exact) mass is 377 g/mol. The molecule has 0 spiro atoms. The Kier molecular flexibility index (Phi) is 5.34. The number of rotatable bonds is 5. The Morgan fingerprint density at radius 2 is 1.89 bits per heavy atom. The summed E-state index contributed by atoms with van der Waals surface area (Å²) in [6, 6.07) is 13.2. The molecule has 0 aliphatic carbocycles. The van der Waals surface area contributed by atoms with Crippen molar-refractivity contribution in [2.24, 2.45) is 7.05 Å². The number of ether oxygens (including phenoxy) is 1. The number of nitrogens with one attached hydrogen (secondary N) is 1. The number of amides is 1. The molecule has 0 radical (unpaired) electrons. The second-order valence-corrected chi connectivity index (χ2v) is 6.72. The molecule has 4 rings (SSSR count). The molecule has 1 N–H and O–H groups in total. The van der Waals surface area contributed by atoms with E-state index < -0.39 is 0 Å². The van der Waals surface area contributed by atoms with Gasteiger partial charge in [0.05, 0.1) is 18.8 Å². The largest absolute Gasteiger partial charge is 0.378 e. The number of carbonyl (C=O) groups is 1. The van der Waals surface area contributed by atoms with Crippen molar-refractivity contribution in [2.75, 3.05) is 31.2 Å². The van der Waals surface area contributed by atoms with Crippen molar-refractivity contribution in [1.82, 2.24) is 19.9 Å². The van der Waals surface area contributed by atoms with Crippen LogP contribution in [0.5, 0.6) is 0 Å². The second-order valence-electron chi connectivity index (χ2n) is 6.72. The number of aryl methyl sites for hydroxylation is 1. The predicted molar refractivity (Wildman–Crippen MR) is 106 cm³/mol. The number of hydrogen-bond acceptors (Lipinski definition) is 5. The summed E-state index contributed by atoms with van der Waals surface area (Å²) in [5, 5.41) is 3.10. The summed E-state index contributed by atoms with van der Waals surface area (Å²) in [6.45, 7) is 3.03. The number of pyridine rings is 1. The van der Waals surface area contributed by atoms with Crippen LogP contribution in [0.1, 0.15) is 27.8 Å². The second kappa shape index (κ2) is 8.22. The summed E-state index contributed by atoms with van der Waals surface area (Å²) < 4.78 is 7.29. The lowest BCUT2D eigenvalue weighted by Gasteiger charge is -2.27. The maximum Gasteiger partial charge on any atom is 0.253 e. The molecule has 7 nitrogen and oxygen atoms in total. The summed E-state index contributed by atoms with van der Waals surface area (Å²) >= 11 is 0. The molecule has 144 valence electrons. The highest BCUT2D eigenvalue weighted by Gasteiger charge is 2.21. The molecule has 7 heteroatoms. The zero-order chi connectivity index (χ0) is 19.3. The van der Waals surface area contributed by atoms with Gasteiger partial charge in [-0.3, -0.25) is 4.79 Å². The van der Waals surface area contributed by atoms with Crippen molar-refractivity contribution in [2.45, 2.75) is 6.04 Å². The zero-order valence-corrected chi connectivity index (χ0v) is 15.8. The van der Waals surface area contributed by atoms with Crippen LogP contribution < -0.4 is 10.2 Å². The van der Waals surface area contributed by atoms with Crippen molar-refractivity contribution in [3.8, 4) is 0 Å². The Hall–Kier alpha value is -3.19. The topological polar surface area (TPSA) is 72.3 Å². The van der Waals surface area contributed by atoms with Gasteiger partial charge in [0, 0.05) is 38.7 Å². The smallest absolute Gasteiger partial charge is 0.253 e. The molecule has 0 saturated carbocycles. The van der Waals surface area contributed by atoms with E-state index in [0.29, 0.717) is 18.8 Å². The van der Waals surface area contributed by atoms with E-state index in [-0.39, 0.29) is 11.9 Å². The highest BCUT2D eigenvalue weighted by Crippen LogP contribution is 2.21. The summed E-state index contributed by atoms with van der Waals surface area (Å²) in [5.41, 5.74) is 1.50. The van der Waals surface area contributed by atoms with Crippen LogP contribution >= 0.6 is 0 Å². The van der Waals surface area contributed by atoms with Gasteiger partial charge >= 0.3 is 0 Å². The normalized spacial score (nSPS) is 15.2. The van der Waals surface area contributed by atoms with E-state index in [9.17, 15) is 4.79 Å². The fraction of sp³-hybridized carbons (Fsp3) is 0.286. The number of benzene rings is 1. The van der Waals surface area contributed by atoms with Crippen LogP contribution in [0.4, 0.5) is 5.82 Å². The highest BCUT2D eigenvalue weighted by molar-refractivity contribution is 5.94. The SMILES string of the molecule is Cn1ccnc1[C@@H](NC(=O)c1ccc(N2CCOCC2)nc1)c1ccccc1. The first-order valence-electron chi connectivity index (χ1n) is 9.34. The molecule has 2 aromatic heterocycles. The van der Waals surface area contributed by atoms with Crippen molar-refractivity contribution in [1.29, 1.82) is 0 Å². The molecule has 28 heavy (non-hydrogen) atoms. The maximum atomic E-state index is 12.9. The summed E-state index contributed by atoms with van der Waals surface area (Å²) in [6.07, 6.45) is 5.23. The minimum absolute atomic E-state index is 0.183. The van der Waals surface area contributed by atoms with E-state index in [1.54, 1.807) is 12.4 Å². The molecule has 3 heterocycles. The predicted octanol–water partition coefficient (Wildman–Crippen LogP) is 2.17. The number of morpholine rings is 1. The number of imidazole rings is 1. The third-order valence-corrected chi connectivity index (χ3v) is 4.87. The average molecular weight is 377 g/mol. The van der Waals surface area contributed by atoms with E-state index in [1.807, 2.05) is 60.3 Å². The standard InChI is InChI=1S/C21H23N5O2/c1-25-10-9-22-20(25)19(16-5-3-2-4-6-16)24-21(27)17-7-8-18(23-15-17)26-11-13-28-14-12-26/h2-10,15,19H,11-14H2,1H3,(H,24,27)/t19-/m0/s1. The summed E-state index contributed by atoms with van der Waals surface area (Å²) in [5.74, 6) is 1.46. The van der Waals surface area contributed by atoms with Gasteiger partial charge in [0.25, 0.3) is 5.91 Å². The van der Waals surface area contributed by atoms with Crippen LogP contribution in [0.2, 0.25) is 0 Å². The molecule has 1 amide bonds. The molecular formula is C21H23N5O2. The lowest BCUT2D eigenvalue weighted by atomic mass is 10.1. The van der Waals surface area contributed by atoms with Gasteiger partial charge in [-0.2, -0.15) is 0 Å². The molecule has 1 atom stereocenters. The van der Waals surface area contributed by atoms with Gasteiger partial charge in [-0.15, -0.1) is 0 Å². The molecule has 0 unspecified atom stereocenters. The fourth-order valence-corrected chi connectivity index (χ4v) is 3.31. The Bertz CT molecular complexity index is 917. The van der Waals surface area contributed by atoms with Crippen molar-refractivity contribution in [3.05, 3.63) is 78.0 Å². The van der Waals surface area contributed by atoms with Crippen LogP contribution in [-0.4, -0.2) is 46.7 Å². The molecule has 1 aliphatic heterocycles. The van der Waals surface area contributed by atoms with E-state index in [2.05, 4.69) is 20.2 Å². The molecule has 0 bridgehead atoms. The van der Waals surface area contributed by atoms with Crippen LogP contribution in [0, 0.1) is 0 Å². The molecule has 1 fully saturated rings. The van der Waals surface area contributed by atoms with E-state index in [0.717, 1.165) is 30.3 Å². The number of carbonyl (C=O) groups excluding carboxylic acids is 1. The molecule has 1 aromatic carbocycles. The van der Waals surface area contributed by atoms with Crippen LogP contribution in [-0.2, 0) is 11.8 Å². The third-order valence-electron chi connectivity index (χ3n) is 4.87. The Balaban J connectivity index is 1.54. The molecule has 1 saturated heterocycles. The number of anilines is 1. The first kappa shape index (κ1) is 18.2. The van der Waals surface area contributed by atoms with Gasteiger partial charge in [-0.1, -0.05) is 30.3 Å². The Morgan fingerprint density at radius 3 is 2.54 bits per heavy atom. The first-order valence-corrected chi connectivity index (χ1v) is 9.34. The number of nitrogens with zero attached hydrogens (tertiary/aromatic N) is 4. The average Bonchev–Trinajstić information content (AvgIpc) is 3.19. The van der Waals surface area contributed by atoms with Crippen LogP contribution in [0.25, 0.3) is 0 Å². The van der Waals surface area contributed by atoms with E-state index >= 15 is 0 Å². The quantitative estimate of drug-likeness (QED) is 0.738. The maximum absolute atomic E-state index is 12.9. The van der Waals surface area contributed by atoms with Gasteiger partial charge in [0.15, 0.2) is 0 Å². The first-order chi connectivity index (χ1) is 13.7. The van der Waals surface area contributed by atoms with Gasteiger partial charge in [0.1, 0.15) is 17.7 Å². The van der Waals surface area contributed by atoms with Gasteiger partial charge in [-0.25, -0.2) is 9.97 Å². The minimum atomic E-state index is -0.340. The lowest BCUT2D eigenvalue weighted by Crippen LogP contribution is -2.36. The van der Waals surface area contributed by atoms with Crippen LogP contribution in [0.15, 0.2) is 61.1 Å². The lowest BCUT2D eigenvalue weighted by molar-refractivity contribution is 0.0940. The van der Waals surface area contributed by atoms with E-state index in [1.165, 1.54) is 0 Å². The van der Waals surface area contributed by atoms with Crippen molar-refractivity contribution >= 4 is 11.7 Å². The van der Waals surface area contributed by atoms with Gasteiger partial charge in [0.2, 0.25) is 0 Å². The molecule has 3 aromatic rings. The highest BCUT2D eigenvalue weighted by atomic mass is 16.5. The zero-order valence-electron chi connectivity index (χ0n) is 15.8. The van der Waals surface area contributed by atoms with E-state index in [4.69, 9.17) is 4.74 Å². The molecular weight excluding hydrogens is 354 g/mol. The van der Waals surface area contributed by atoms with Gasteiger partial charge < -0.3 is 19.5 Å². The van der Waals surface area contributed by atoms with Gasteiger partial charge in [-0.05, 0) is 17.7 Å². The van der Waals surface area contributed by atoms with Crippen molar-refractivity contribution < 1.29 is 9.53 Å². The minimum Gasteiger partial charge on any atom is -0.378 e. The summed E-state index contributed by atoms with van der Waals surface area (Å²) in [7, 11) is 1.92. The Labute approximate surface area is 164 Å².